The van der Waals surface area contributed by atoms with Crippen LogP contribution in [0.5, 0.6) is 0 Å². The van der Waals surface area contributed by atoms with Gasteiger partial charge in [-0.05, 0) is 43.3 Å². The Hall–Kier alpha value is -4.41. The van der Waals surface area contributed by atoms with Gasteiger partial charge in [0.25, 0.3) is 5.91 Å². The van der Waals surface area contributed by atoms with Crippen LogP contribution in [0.3, 0.4) is 0 Å². The van der Waals surface area contributed by atoms with Gasteiger partial charge in [-0.2, -0.15) is 4.98 Å². The third kappa shape index (κ3) is 5.11. The van der Waals surface area contributed by atoms with Crippen molar-refractivity contribution in [2.75, 3.05) is 10.6 Å². The van der Waals surface area contributed by atoms with Gasteiger partial charge in [-0.3, -0.25) is 10.1 Å². The van der Waals surface area contributed by atoms with E-state index in [4.69, 9.17) is 27.6 Å². The Balaban J connectivity index is 1.48. The van der Waals surface area contributed by atoms with Gasteiger partial charge in [0.1, 0.15) is 17.4 Å². The molecule has 4 N–H and O–H groups in total. The van der Waals surface area contributed by atoms with Crippen LogP contribution in [0, 0.1) is 0 Å². The summed E-state index contributed by atoms with van der Waals surface area (Å²) in [6.45, 7) is 1.71. The number of guanidine groups is 1. The summed E-state index contributed by atoms with van der Waals surface area (Å²) in [4.78, 5) is 37.8. The minimum atomic E-state index is -1.14. The van der Waals surface area contributed by atoms with Crippen molar-refractivity contribution < 1.29 is 19.1 Å². The number of hydrogen-bond acceptors (Lipinski definition) is 8. The topological polar surface area (TPSA) is 142 Å². The van der Waals surface area contributed by atoms with Crippen LogP contribution in [0.25, 0.3) is 11.1 Å². The summed E-state index contributed by atoms with van der Waals surface area (Å²) < 4.78 is 5.73. The molecule has 0 bridgehead atoms. The number of carboxylic acids is 1. The molecule has 2 aromatic carbocycles. The first-order valence-corrected chi connectivity index (χ1v) is 11.7. The molecular formula is C25H18Cl2N6O4. The number of benzene rings is 2. The van der Waals surface area contributed by atoms with Crippen molar-refractivity contribution in [3.63, 3.8) is 0 Å². The zero-order valence-electron chi connectivity index (χ0n) is 19.1. The average molecular weight is 537 g/mol. The minimum Gasteiger partial charge on any atom is -0.478 e. The van der Waals surface area contributed by atoms with Crippen molar-refractivity contribution in [2.24, 2.45) is 4.99 Å². The zero-order chi connectivity index (χ0) is 26.1. The monoisotopic (exact) mass is 536 g/mol. The van der Waals surface area contributed by atoms with Crippen molar-refractivity contribution in [3.05, 3.63) is 93.2 Å². The predicted molar refractivity (Wildman–Crippen MR) is 140 cm³/mol. The molecular weight excluding hydrogens is 519 g/mol. The number of rotatable bonds is 5. The number of carbonyl (C=O) groups excluding carboxylic acids is 1. The normalized spacial score (nSPS) is 15.2. The van der Waals surface area contributed by atoms with E-state index in [1.165, 1.54) is 18.3 Å². The molecule has 3 heterocycles. The van der Waals surface area contributed by atoms with E-state index >= 15 is 0 Å². The lowest BCUT2D eigenvalue weighted by Crippen LogP contribution is -2.37. The molecule has 37 heavy (non-hydrogen) atoms. The van der Waals surface area contributed by atoms with Gasteiger partial charge in [-0.1, -0.05) is 41.4 Å². The number of fused-ring (bicyclic) bond motifs is 1. The highest BCUT2D eigenvalue weighted by Crippen LogP contribution is 2.35. The molecule has 5 rings (SSSR count). The van der Waals surface area contributed by atoms with E-state index < -0.39 is 17.9 Å². The van der Waals surface area contributed by atoms with E-state index in [2.05, 4.69) is 30.9 Å². The number of nitrogens with one attached hydrogen (secondary N) is 3. The van der Waals surface area contributed by atoms with Gasteiger partial charge < -0.3 is 20.2 Å². The van der Waals surface area contributed by atoms with Crippen LogP contribution in [0.4, 0.5) is 11.8 Å². The maximum absolute atomic E-state index is 13.4. The molecule has 0 saturated heterocycles. The first-order valence-electron chi connectivity index (χ1n) is 10.9. The highest BCUT2D eigenvalue weighted by molar-refractivity contribution is 6.31. The molecule has 12 heteroatoms. The van der Waals surface area contributed by atoms with Gasteiger partial charge in [-0.15, -0.1) is 0 Å². The SMILES string of the molecule is CC1=C(C(=O)Nc2cc(C(=O)O)ccn2)C(c2ccccc2Cl)N=C(Nc2nc3cc(Cl)ccc3o2)N1. The number of nitrogens with zero attached hydrogens (tertiary/aromatic N) is 3. The highest BCUT2D eigenvalue weighted by atomic mass is 35.5. The summed E-state index contributed by atoms with van der Waals surface area (Å²) in [6.07, 6.45) is 1.30. The van der Waals surface area contributed by atoms with E-state index in [9.17, 15) is 14.7 Å². The number of hydrogen-bond donors (Lipinski definition) is 4. The van der Waals surface area contributed by atoms with E-state index in [1.807, 2.05) is 0 Å². The molecule has 0 saturated carbocycles. The van der Waals surface area contributed by atoms with Gasteiger partial charge in [-0.25, -0.2) is 14.8 Å². The van der Waals surface area contributed by atoms with Crippen molar-refractivity contribution in [3.8, 4) is 0 Å². The number of amides is 1. The number of halogens is 2. The van der Waals surface area contributed by atoms with Gasteiger partial charge in [0.2, 0.25) is 5.96 Å². The number of carboxylic acid groups (broad SMARTS) is 1. The molecule has 0 fully saturated rings. The zero-order valence-corrected chi connectivity index (χ0v) is 20.6. The molecule has 1 aliphatic rings. The molecule has 186 valence electrons. The number of carbonyl (C=O) groups is 2. The highest BCUT2D eigenvalue weighted by Gasteiger charge is 2.31. The Labute approximate surface area is 220 Å². The molecule has 2 aromatic heterocycles. The summed E-state index contributed by atoms with van der Waals surface area (Å²) in [5.41, 5.74) is 2.43. The molecule has 1 unspecified atom stereocenters. The smallest absolute Gasteiger partial charge is 0.335 e. The van der Waals surface area contributed by atoms with Gasteiger partial charge in [0.15, 0.2) is 5.58 Å². The standard InChI is InChI=1S/C25H18Cl2N6O4/c1-12-20(22(34)31-19-10-13(23(35)36)8-9-28-19)21(15-4-2-3-5-16(15)27)32-24(29-12)33-25-30-17-11-14(26)6-7-18(17)37-25/h2-11,21H,1H3,(H,35,36)(H,28,31,34)(H2,29,30,32,33). The Morgan fingerprint density at radius 1 is 1.11 bits per heavy atom. The lowest BCUT2D eigenvalue weighted by Gasteiger charge is -2.26. The lowest BCUT2D eigenvalue weighted by atomic mass is 9.95. The molecule has 0 radical (unpaired) electrons. The fourth-order valence-electron chi connectivity index (χ4n) is 3.83. The van der Waals surface area contributed by atoms with Crippen LogP contribution < -0.4 is 16.0 Å². The van der Waals surface area contributed by atoms with Crippen LogP contribution >= 0.6 is 23.2 Å². The van der Waals surface area contributed by atoms with Gasteiger partial charge >= 0.3 is 12.0 Å². The molecule has 10 nitrogen and oxygen atoms in total. The maximum atomic E-state index is 13.4. The van der Waals surface area contributed by atoms with Crippen molar-refractivity contribution in [1.82, 2.24) is 15.3 Å². The second-order valence-corrected chi connectivity index (χ2v) is 8.85. The first-order chi connectivity index (χ1) is 17.8. The average Bonchev–Trinajstić information content (AvgIpc) is 3.25. The minimum absolute atomic E-state index is 0.00967. The molecule has 0 spiro atoms. The fraction of sp³-hybridized carbons (Fsp3) is 0.0800. The van der Waals surface area contributed by atoms with Crippen molar-refractivity contribution >= 4 is 64.0 Å². The van der Waals surface area contributed by atoms with Crippen molar-refractivity contribution in [2.45, 2.75) is 13.0 Å². The third-order valence-electron chi connectivity index (χ3n) is 5.51. The summed E-state index contributed by atoms with van der Waals surface area (Å²) in [5.74, 6) is -1.30. The second-order valence-electron chi connectivity index (χ2n) is 8.01. The maximum Gasteiger partial charge on any atom is 0.335 e. The summed E-state index contributed by atoms with van der Waals surface area (Å²) in [7, 11) is 0. The molecule has 1 amide bonds. The van der Waals surface area contributed by atoms with E-state index in [0.29, 0.717) is 32.4 Å². The van der Waals surface area contributed by atoms with E-state index in [1.54, 1.807) is 49.4 Å². The number of aromatic carboxylic acids is 1. The number of oxazole rings is 1. The largest absolute Gasteiger partial charge is 0.478 e. The third-order valence-corrected chi connectivity index (χ3v) is 6.09. The van der Waals surface area contributed by atoms with Crippen LogP contribution in [0.2, 0.25) is 10.0 Å². The predicted octanol–water partition coefficient (Wildman–Crippen LogP) is 5.25. The van der Waals surface area contributed by atoms with Crippen LogP contribution in [0.15, 0.2) is 81.5 Å². The number of allylic oxidation sites excluding steroid dienone is 1. The summed E-state index contributed by atoms with van der Waals surface area (Å²) in [5, 5.41) is 18.9. The summed E-state index contributed by atoms with van der Waals surface area (Å²) >= 11 is 12.5. The number of pyridine rings is 1. The summed E-state index contributed by atoms with van der Waals surface area (Å²) in [6, 6.07) is 14.1. The van der Waals surface area contributed by atoms with E-state index in [-0.39, 0.29) is 28.9 Å². The first kappa shape index (κ1) is 24.3. The van der Waals surface area contributed by atoms with Crippen LogP contribution in [-0.2, 0) is 4.79 Å². The number of aliphatic imine (C=N–C) groups is 1. The molecule has 0 aliphatic carbocycles. The Bertz CT molecular complexity index is 1610. The van der Waals surface area contributed by atoms with Crippen LogP contribution in [0.1, 0.15) is 28.9 Å². The number of aromatic nitrogens is 2. The Morgan fingerprint density at radius 3 is 2.70 bits per heavy atom. The number of anilines is 2. The van der Waals surface area contributed by atoms with E-state index in [0.717, 1.165) is 0 Å². The van der Waals surface area contributed by atoms with Crippen molar-refractivity contribution in [1.29, 1.82) is 0 Å². The Morgan fingerprint density at radius 2 is 1.92 bits per heavy atom. The van der Waals surface area contributed by atoms with Gasteiger partial charge in [0.05, 0.1) is 11.1 Å². The molecule has 1 aliphatic heterocycles. The molecule has 1 atom stereocenters. The quantitative estimate of drug-likeness (QED) is 0.270. The Kier molecular flexibility index (Phi) is 6.51. The van der Waals surface area contributed by atoms with Gasteiger partial charge in [0, 0.05) is 27.5 Å². The van der Waals surface area contributed by atoms with Crippen LogP contribution in [-0.4, -0.2) is 32.9 Å². The molecule has 4 aromatic rings. The fourth-order valence-corrected chi connectivity index (χ4v) is 4.23. The lowest BCUT2D eigenvalue weighted by molar-refractivity contribution is -0.113. The second kappa shape index (κ2) is 9.92.